The minimum Gasteiger partial charge on any atom is -0.355 e. The summed E-state index contributed by atoms with van der Waals surface area (Å²) in [5, 5.41) is 2.96. The molecule has 0 aliphatic rings. The second-order valence-corrected chi connectivity index (χ2v) is 5.48. The smallest absolute Gasteiger partial charge is 0.234 e. The van der Waals surface area contributed by atoms with Crippen molar-refractivity contribution in [2.45, 2.75) is 40.5 Å². The van der Waals surface area contributed by atoms with Gasteiger partial charge in [0.25, 0.3) is 0 Å². The number of hydrogen-bond donors (Lipinski definition) is 1. The summed E-state index contributed by atoms with van der Waals surface area (Å²) in [4.78, 5) is 13.6. The third-order valence-electron chi connectivity index (χ3n) is 2.37. The van der Waals surface area contributed by atoms with Gasteiger partial charge in [-0.2, -0.15) is 0 Å². The number of likely N-dealkylation sites (N-methyl/N-ethyl adjacent to an activating group) is 1. The molecule has 1 N–H and O–H groups in total. The molecule has 0 aromatic heterocycles. The highest BCUT2D eigenvalue weighted by molar-refractivity contribution is 5.77. The Balaban J connectivity index is 0. The first-order chi connectivity index (χ1) is 7.41. The second kappa shape index (κ2) is 8.57. The Bertz CT molecular complexity index is 196. The lowest BCUT2D eigenvalue weighted by Gasteiger charge is -2.18. The predicted molar refractivity (Wildman–Crippen MR) is 71.5 cm³/mol. The van der Waals surface area contributed by atoms with Gasteiger partial charge in [-0.15, -0.1) is 0 Å². The Morgan fingerprint density at radius 2 is 1.88 bits per heavy atom. The van der Waals surface area contributed by atoms with E-state index >= 15 is 0 Å². The van der Waals surface area contributed by atoms with E-state index in [-0.39, 0.29) is 7.33 Å². The van der Waals surface area contributed by atoms with Crippen LogP contribution in [0.1, 0.15) is 42.0 Å². The summed E-state index contributed by atoms with van der Waals surface area (Å²) in [6.45, 7) is 11.0. The third kappa shape index (κ3) is 9.97. The SMILES string of the molecule is CC(C)CCCNC(=O)CN(C)CC(C)C.[HH]. The molecule has 0 spiro atoms. The van der Waals surface area contributed by atoms with Crippen LogP contribution < -0.4 is 5.32 Å². The average molecular weight is 230 g/mol. The summed E-state index contributed by atoms with van der Waals surface area (Å²) in [6, 6.07) is 0. The fourth-order valence-corrected chi connectivity index (χ4v) is 1.73. The Kier molecular flexibility index (Phi) is 8.26. The molecule has 0 unspecified atom stereocenters. The number of rotatable bonds is 8. The summed E-state index contributed by atoms with van der Waals surface area (Å²) in [5.74, 6) is 1.48. The van der Waals surface area contributed by atoms with Gasteiger partial charge >= 0.3 is 0 Å². The van der Waals surface area contributed by atoms with Crippen LogP contribution in [0.5, 0.6) is 0 Å². The predicted octanol–water partition coefficient (Wildman–Crippen LogP) is 2.37. The molecule has 3 nitrogen and oxygen atoms in total. The monoisotopic (exact) mass is 230 g/mol. The molecule has 16 heavy (non-hydrogen) atoms. The molecule has 0 rings (SSSR count). The van der Waals surface area contributed by atoms with Crippen LogP contribution in [0.25, 0.3) is 0 Å². The first kappa shape index (κ1) is 15.4. The maximum absolute atomic E-state index is 11.5. The fourth-order valence-electron chi connectivity index (χ4n) is 1.73. The van der Waals surface area contributed by atoms with Gasteiger partial charge in [-0.1, -0.05) is 27.7 Å². The molecular formula is C13H30N2O. The van der Waals surface area contributed by atoms with Gasteiger partial charge in [0.2, 0.25) is 5.91 Å². The molecule has 0 aliphatic heterocycles. The topological polar surface area (TPSA) is 32.3 Å². The van der Waals surface area contributed by atoms with E-state index in [0.717, 1.165) is 25.4 Å². The standard InChI is InChI=1S/C13H28N2O.H2/c1-11(2)7-6-8-14-13(16)10-15(5)9-12(3)4;/h11-12H,6-10H2,1-5H3,(H,14,16);1H. The van der Waals surface area contributed by atoms with Gasteiger partial charge in [0.1, 0.15) is 0 Å². The molecule has 3 heteroatoms. The van der Waals surface area contributed by atoms with Crippen LogP contribution in [0.2, 0.25) is 0 Å². The number of carbonyl (C=O) groups excluding carboxylic acids is 1. The lowest BCUT2D eigenvalue weighted by Crippen LogP contribution is -2.37. The first-order valence-electron chi connectivity index (χ1n) is 6.37. The van der Waals surface area contributed by atoms with E-state index in [4.69, 9.17) is 0 Å². The van der Waals surface area contributed by atoms with Crippen LogP contribution >= 0.6 is 0 Å². The number of carbonyl (C=O) groups is 1. The van der Waals surface area contributed by atoms with E-state index in [1.54, 1.807) is 0 Å². The maximum atomic E-state index is 11.5. The van der Waals surface area contributed by atoms with Gasteiger partial charge in [0.05, 0.1) is 6.54 Å². The van der Waals surface area contributed by atoms with Crippen molar-refractivity contribution in [2.24, 2.45) is 11.8 Å². The highest BCUT2D eigenvalue weighted by Gasteiger charge is 2.07. The largest absolute Gasteiger partial charge is 0.355 e. The molecule has 0 aromatic rings. The number of nitrogens with one attached hydrogen (secondary N) is 1. The van der Waals surface area contributed by atoms with Crippen LogP contribution in [0.15, 0.2) is 0 Å². The normalized spacial score (nSPS) is 11.5. The van der Waals surface area contributed by atoms with Gasteiger partial charge in [-0.25, -0.2) is 0 Å². The Labute approximate surface area is 102 Å². The lowest BCUT2D eigenvalue weighted by atomic mass is 10.1. The van der Waals surface area contributed by atoms with E-state index in [1.165, 1.54) is 6.42 Å². The molecule has 0 saturated heterocycles. The number of amides is 1. The van der Waals surface area contributed by atoms with Crippen molar-refractivity contribution < 1.29 is 6.22 Å². The van der Waals surface area contributed by atoms with Crippen LogP contribution in [0, 0.1) is 11.8 Å². The van der Waals surface area contributed by atoms with E-state index in [0.29, 0.717) is 12.5 Å². The molecule has 1 amide bonds. The first-order valence-corrected chi connectivity index (χ1v) is 6.37. The van der Waals surface area contributed by atoms with Crippen LogP contribution in [-0.4, -0.2) is 37.5 Å². The Morgan fingerprint density at radius 3 is 2.38 bits per heavy atom. The van der Waals surface area contributed by atoms with Crippen molar-refractivity contribution >= 4 is 5.91 Å². The molecule has 0 bridgehead atoms. The highest BCUT2D eigenvalue weighted by Crippen LogP contribution is 2.01. The molecule has 0 fully saturated rings. The van der Waals surface area contributed by atoms with Crippen molar-refractivity contribution in [1.29, 1.82) is 0 Å². The Hall–Kier alpha value is -0.570. The number of hydrogen-bond acceptors (Lipinski definition) is 2. The second-order valence-electron chi connectivity index (χ2n) is 5.48. The lowest BCUT2D eigenvalue weighted by molar-refractivity contribution is -0.122. The minimum absolute atomic E-state index is 0. The molecule has 0 aliphatic carbocycles. The zero-order valence-corrected chi connectivity index (χ0v) is 11.5. The van der Waals surface area contributed by atoms with Gasteiger partial charge in [0.15, 0.2) is 0 Å². The summed E-state index contributed by atoms with van der Waals surface area (Å²) in [5.41, 5.74) is 0. The van der Waals surface area contributed by atoms with E-state index in [1.807, 2.05) is 7.05 Å². The average Bonchev–Trinajstić information content (AvgIpc) is 2.10. The molecule has 0 saturated carbocycles. The zero-order valence-electron chi connectivity index (χ0n) is 11.5. The maximum Gasteiger partial charge on any atom is 0.234 e. The van der Waals surface area contributed by atoms with Gasteiger partial charge in [-0.05, 0) is 31.7 Å². The van der Waals surface area contributed by atoms with Crippen molar-refractivity contribution in [3.8, 4) is 0 Å². The molecule has 0 heterocycles. The molecule has 0 atom stereocenters. The third-order valence-corrected chi connectivity index (χ3v) is 2.37. The minimum atomic E-state index is 0. The van der Waals surface area contributed by atoms with Crippen LogP contribution in [0.3, 0.4) is 0 Å². The van der Waals surface area contributed by atoms with Crippen LogP contribution in [-0.2, 0) is 4.79 Å². The van der Waals surface area contributed by atoms with E-state index < -0.39 is 0 Å². The van der Waals surface area contributed by atoms with Crippen LogP contribution in [0.4, 0.5) is 0 Å². The number of nitrogens with zero attached hydrogens (tertiary/aromatic N) is 1. The van der Waals surface area contributed by atoms with Crippen molar-refractivity contribution in [3.63, 3.8) is 0 Å². The van der Waals surface area contributed by atoms with Crippen molar-refractivity contribution in [3.05, 3.63) is 0 Å². The van der Waals surface area contributed by atoms with Gasteiger partial charge in [0, 0.05) is 14.5 Å². The Morgan fingerprint density at radius 1 is 1.25 bits per heavy atom. The summed E-state index contributed by atoms with van der Waals surface area (Å²) >= 11 is 0. The van der Waals surface area contributed by atoms with Gasteiger partial charge < -0.3 is 5.32 Å². The van der Waals surface area contributed by atoms with E-state index in [2.05, 4.69) is 37.9 Å². The quantitative estimate of drug-likeness (QED) is 0.649. The summed E-state index contributed by atoms with van der Waals surface area (Å²) in [7, 11) is 1.99. The van der Waals surface area contributed by atoms with Crippen molar-refractivity contribution in [1.82, 2.24) is 10.2 Å². The molecular weight excluding hydrogens is 200 g/mol. The highest BCUT2D eigenvalue weighted by atomic mass is 16.2. The fraction of sp³-hybridized carbons (Fsp3) is 0.923. The van der Waals surface area contributed by atoms with E-state index in [9.17, 15) is 4.79 Å². The molecule has 0 aromatic carbocycles. The summed E-state index contributed by atoms with van der Waals surface area (Å²) in [6.07, 6.45) is 2.26. The molecule has 98 valence electrons. The summed E-state index contributed by atoms with van der Waals surface area (Å²) < 4.78 is 0. The van der Waals surface area contributed by atoms with Gasteiger partial charge in [-0.3, -0.25) is 9.69 Å². The zero-order chi connectivity index (χ0) is 12.6. The molecule has 0 radical (unpaired) electrons. The van der Waals surface area contributed by atoms with Crippen molar-refractivity contribution in [2.75, 3.05) is 26.7 Å².